The summed E-state index contributed by atoms with van der Waals surface area (Å²) < 4.78 is 43.9. The van der Waals surface area contributed by atoms with E-state index in [2.05, 4.69) is 5.32 Å². The molecule has 1 aromatic carbocycles. The predicted octanol–water partition coefficient (Wildman–Crippen LogP) is 4.51. The molecular formula is C17H20F3NO2. The molecule has 1 N–H and O–H groups in total. The summed E-state index contributed by atoms with van der Waals surface area (Å²) in [5.74, 6) is -0.538. The second-order valence-electron chi connectivity index (χ2n) is 5.13. The van der Waals surface area contributed by atoms with Crippen molar-refractivity contribution in [3.05, 3.63) is 52.4 Å². The summed E-state index contributed by atoms with van der Waals surface area (Å²) in [6.45, 7) is 6.93. The highest BCUT2D eigenvalue weighted by Crippen LogP contribution is 2.32. The smallest absolute Gasteiger partial charge is 0.416 e. The molecule has 0 spiro atoms. The minimum atomic E-state index is -4.44. The number of carbonyl (C=O) groups excluding carboxylic acids is 1. The number of ether oxygens (including phenoxy) is 1. The summed E-state index contributed by atoms with van der Waals surface area (Å²) in [6.07, 6.45) is -3.08. The van der Waals surface area contributed by atoms with E-state index >= 15 is 0 Å². The molecule has 0 saturated heterocycles. The Morgan fingerprint density at radius 2 is 1.83 bits per heavy atom. The molecule has 0 amide bonds. The standard InChI is InChI=1S/C17H20F3NO2/c1-5-23-16(22)15(11(2)3)21-12(4)10-13-8-6-7-9-14(13)17(18,19)20/h6-10,21H,5H2,1-4H3/b12-10+. The number of carbonyl (C=O) groups is 1. The summed E-state index contributed by atoms with van der Waals surface area (Å²) >= 11 is 0. The van der Waals surface area contributed by atoms with E-state index in [1.54, 1.807) is 27.7 Å². The highest BCUT2D eigenvalue weighted by Gasteiger charge is 2.32. The van der Waals surface area contributed by atoms with Gasteiger partial charge in [-0.05, 0) is 51.0 Å². The zero-order valence-corrected chi connectivity index (χ0v) is 13.5. The van der Waals surface area contributed by atoms with E-state index in [0.29, 0.717) is 11.3 Å². The maximum atomic E-state index is 13.0. The molecule has 0 heterocycles. The van der Waals surface area contributed by atoms with Gasteiger partial charge in [0.25, 0.3) is 0 Å². The SMILES string of the molecule is CCOC(=O)C(N/C(C)=C/c1ccccc1C(F)(F)F)=C(C)C. The van der Waals surface area contributed by atoms with E-state index in [-0.39, 0.29) is 17.9 Å². The van der Waals surface area contributed by atoms with Crippen LogP contribution in [0, 0.1) is 0 Å². The molecule has 0 radical (unpaired) electrons. The van der Waals surface area contributed by atoms with Crippen molar-refractivity contribution in [2.45, 2.75) is 33.9 Å². The first kappa shape index (κ1) is 18.8. The molecule has 0 aliphatic carbocycles. The van der Waals surface area contributed by atoms with Crippen molar-refractivity contribution in [1.82, 2.24) is 5.32 Å². The minimum absolute atomic E-state index is 0.0296. The topological polar surface area (TPSA) is 38.3 Å². The number of allylic oxidation sites excluding steroid dienone is 2. The zero-order chi connectivity index (χ0) is 17.6. The zero-order valence-electron chi connectivity index (χ0n) is 13.5. The lowest BCUT2D eigenvalue weighted by molar-refractivity contribution is -0.139. The molecule has 0 bridgehead atoms. The molecule has 1 aromatic rings. The van der Waals surface area contributed by atoms with Crippen LogP contribution in [0.4, 0.5) is 13.2 Å². The first-order valence-corrected chi connectivity index (χ1v) is 7.13. The van der Waals surface area contributed by atoms with E-state index in [9.17, 15) is 18.0 Å². The van der Waals surface area contributed by atoms with Gasteiger partial charge < -0.3 is 10.1 Å². The molecule has 23 heavy (non-hydrogen) atoms. The Morgan fingerprint density at radius 1 is 1.22 bits per heavy atom. The molecule has 0 aliphatic rings. The number of alkyl halides is 3. The molecule has 0 aromatic heterocycles. The summed E-state index contributed by atoms with van der Waals surface area (Å²) in [5.41, 5.74) is 0.620. The van der Waals surface area contributed by atoms with Gasteiger partial charge in [0.05, 0.1) is 12.2 Å². The second kappa shape index (κ2) is 7.85. The first-order chi connectivity index (χ1) is 10.7. The van der Waals surface area contributed by atoms with Gasteiger partial charge in [0.1, 0.15) is 5.70 Å². The number of esters is 1. The fourth-order valence-electron chi connectivity index (χ4n) is 1.93. The van der Waals surface area contributed by atoms with Gasteiger partial charge in [0.2, 0.25) is 0 Å². The Hall–Kier alpha value is -2.24. The van der Waals surface area contributed by atoms with Gasteiger partial charge in [-0.15, -0.1) is 0 Å². The van der Waals surface area contributed by atoms with Crippen molar-refractivity contribution < 1.29 is 22.7 Å². The van der Waals surface area contributed by atoms with Crippen LogP contribution in [0.1, 0.15) is 38.8 Å². The van der Waals surface area contributed by atoms with E-state index in [1.807, 2.05) is 0 Å². The quantitative estimate of drug-likeness (QED) is 0.638. The molecule has 1 rings (SSSR count). The van der Waals surface area contributed by atoms with Crippen molar-refractivity contribution in [3.8, 4) is 0 Å². The summed E-state index contributed by atoms with van der Waals surface area (Å²) in [4.78, 5) is 11.8. The fraction of sp³-hybridized carbons (Fsp3) is 0.353. The van der Waals surface area contributed by atoms with Crippen molar-refractivity contribution >= 4 is 12.0 Å². The monoisotopic (exact) mass is 327 g/mol. The Balaban J connectivity index is 3.11. The van der Waals surface area contributed by atoms with E-state index in [1.165, 1.54) is 24.3 Å². The van der Waals surface area contributed by atoms with Crippen molar-refractivity contribution in [1.29, 1.82) is 0 Å². The Labute approximate surface area is 133 Å². The van der Waals surface area contributed by atoms with Crippen molar-refractivity contribution in [3.63, 3.8) is 0 Å². The maximum Gasteiger partial charge on any atom is 0.416 e. The molecule has 0 fully saturated rings. The van der Waals surface area contributed by atoms with Gasteiger partial charge in [-0.1, -0.05) is 18.2 Å². The molecular weight excluding hydrogens is 307 g/mol. The van der Waals surface area contributed by atoms with Crippen LogP contribution in [0.5, 0.6) is 0 Å². The van der Waals surface area contributed by atoms with E-state index in [4.69, 9.17) is 4.74 Å². The number of rotatable bonds is 5. The van der Waals surface area contributed by atoms with Gasteiger partial charge >= 0.3 is 12.1 Å². The summed E-state index contributed by atoms with van der Waals surface area (Å²) in [7, 11) is 0. The number of nitrogens with one attached hydrogen (secondary N) is 1. The van der Waals surface area contributed by atoms with Crippen molar-refractivity contribution in [2.24, 2.45) is 0 Å². The highest BCUT2D eigenvalue weighted by molar-refractivity contribution is 5.89. The Bertz CT molecular complexity index is 627. The molecule has 6 heteroatoms. The second-order valence-corrected chi connectivity index (χ2v) is 5.13. The largest absolute Gasteiger partial charge is 0.461 e. The third kappa shape index (κ3) is 5.47. The lowest BCUT2D eigenvalue weighted by Gasteiger charge is -2.14. The van der Waals surface area contributed by atoms with Gasteiger partial charge in [0.15, 0.2) is 0 Å². The normalized spacial score (nSPS) is 11.9. The van der Waals surface area contributed by atoms with Crippen LogP contribution in [-0.2, 0) is 15.7 Å². The number of hydrogen-bond donors (Lipinski definition) is 1. The lowest BCUT2D eigenvalue weighted by atomic mass is 10.1. The highest BCUT2D eigenvalue weighted by atomic mass is 19.4. The van der Waals surface area contributed by atoms with Crippen LogP contribution in [-0.4, -0.2) is 12.6 Å². The molecule has 126 valence electrons. The number of benzene rings is 1. The fourth-order valence-corrected chi connectivity index (χ4v) is 1.93. The number of hydrogen-bond acceptors (Lipinski definition) is 3. The van der Waals surface area contributed by atoms with Crippen LogP contribution in [0.2, 0.25) is 0 Å². The Kier molecular flexibility index (Phi) is 6.42. The molecule has 0 saturated carbocycles. The van der Waals surface area contributed by atoms with Gasteiger partial charge in [0, 0.05) is 5.70 Å². The average molecular weight is 327 g/mol. The molecule has 0 aliphatic heterocycles. The summed E-state index contributed by atoms with van der Waals surface area (Å²) in [5, 5.41) is 2.83. The van der Waals surface area contributed by atoms with Gasteiger partial charge in [-0.3, -0.25) is 0 Å². The van der Waals surface area contributed by atoms with Crippen LogP contribution < -0.4 is 5.32 Å². The summed E-state index contributed by atoms with van der Waals surface area (Å²) in [6, 6.07) is 5.26. The number of halogens is 3. The van der Waals surface area contributed by atoms with Crippen LogP contribution in [0.3, 0.4) is 0 Å². The predicted molar refractivity (Wildman–Crippen MR) is 83.2 cm³/mol. The molecule has 3 nitrogen and oxygen atoms in total. The van der Waals surface area contributed by atoms with Crippen LogP contribution in [0.25, 0.3) is 6.08 Å². The van der Waals surface area contributed by atoms with Crippen molar-refractivity contribution in [2.75, 3.05) is 6.61 Å². The molecule has 0 atom stereocenters. The third-order valence-corrected chi connectivity index (χ3v) is 2.94. The van der Waals surface area contributed by atoms with Crippen LogP contribution in [0.15, 0.2) is 41.2 Å². The third-order valence-electron chi connectivity index (χ3n) is 2.94. The minimum Gasteiger partial charge on any atom is -0.461 e. The average Bonchev–Trinajstić information content (AvgIpc) is 2.44. The van der Waals surface area contributed by atoms with Gasteiger partial charge in [-0.25, -0.2) is 4.79 Å². The maximum absolute atomic E-state index is 13.0. The Morgan fingerprint density at radius 3 is 2.35 bits per heavy atom. The van der Waals surface area contributed by atoms with Gasteiger partial charge in [-0.2, -0.15) is 13.2 Å². The van der Waals surface area contributed by atoms with E-state index in [0.717, 1.165) is 6.07 Å². The molecule has 0 unspecified atom stereocenters. The van der Waals surface area contributed by atoms with E-state index < -0.39 is 17.7 Å². The first-order valence-electron chi connectivity index (χ1n) is 7.13. The lowest BCUT2D eigenvalue weighted by Crippen LogP contribution is -2.22. The van der Waals surface area contributed by atoms with Crippen LogP contribution >= 0.6 is 0 Å².